The van der Waals surface area contributed by atoms with Gasteiger partial charge in [-0.2, -0.15) is 0 Å². The van der Waals surface area contributed by atoms with Crippen molar-refractivity contribution in [2.24, 2.45) is 0 Å². The number of carbonyl (C=O) groups is 2. The Labute approximate surface area is 160 Å². The van der Waals surface area contributed by atoms with Crippen molar-refractivity contribution in [2.75, 3.05) is 49.7 Å². The third kappa shape index (κ3) is 6.80. The Balaban J connectivity index is 1.93. The van der Waals surface area contributed by atoms with E-state index in [4.69, 9.17) is 5.11 Å². The fourth-order valence-corrected chi connectivity index (χ4v) is 3.66. The van der Waals surface area contributed by atoms with Gasteiger partial charge >= 0.3 is 0 Å². The fourth-order valence-electron chi connectivity index (χ4n) is 2.99. The van der Waals surface area contributed by atoms with Crippen LogP contribution in [-0.2, 0) is 19.4 Å². The molecule has 0 aliphatic carbocycles. The lowest BCUT2D eigenvalue weighted by Crippen LogP contribution is -2.49. The first-order valence-corrected chi connectivity index (χ1v) is 11.0. The van der Waals surface area contributed by atoms with Crippen LogP contribution in [0.5, 0.6) is 0 Å². The van der Waals surface area contributed by atoms with Gasteiger partial charge in [0.1, 0.15) is 16.4 Å². The maximum Gasteiger partial charge on any atom is 0.222 e. The molecule has 148 valence electrons. The van der Waals surface area contributed by atoms with Gasteiger partial charge in [-0.3, -0.25) is 9.59 Å². The molecular formula is C19H26N2O5S. The van der Waals surface area contributed by atoms with E-state index in [9.17, 15) is 18.0 Å². The minimum atomic E-state index is -3.04. The summed E-state index contributed by atoms with van der Waals surface area (Å²) in [4.78, 5) is 27.5. The number of sulfone groups is 1. The second kappa shape index (κ2) is 9.66. The number of aliphatic hydroxyl groups excluding tert-OH is 1. The van der Waals surface area contributed by atoms with Crippen LogP contribution in [0.2, 0.25) is 0 Å². The van der Waals surface area contributed by atoms with Gasteiger partial charge in [-0.1, -0.05) is 18.2 Å². The zero-order valence-corrected chi connectivity index (χ0v) is 16.3. The molecule has 0 atom stereocenters. The van der Waals surface area contributed by atoms with Crippen LogP contribution in [0.3, 0.4) is 0 Å². The fraction of sp³-hybridized carbons (Fsp3) is 0.474. The SMILES string of the molecule is CS(=O)(=O)CCCC(=O)N1CCN(c2ccccc2/C=C/C(=O)CO)CC1. The topological polar surface area (TPSA) is 95.0 Å². The van der Waals surface area contributed by atoms with Gasteiger partial charge in [0.05, 0.1) is 5.75 Å². The van der Waals surface area contributed by atoms with Crippen LogP contribution in [0.15, 0.2) is 30.3 Å². The van der Waals surface area contributed by atoms with Crippen LogP contribution < -0.4 is 4.90 Å². The molecule has 1 aliphatic rings. The van der Waals surface area contributed by atoms with Gasteiger partial charge in [-0.05, 0) is 30.2 Å². The van der Waals surface area contributed by atoms with Crippen molar-refractivity contribution in [3.8, 4) is 0 Å². The number of nitrogens with zero attached hydrogens (tertiary/aromatic N) is 2. The molecule has 0 saturated carbocycles. The molecule has 2 rings (SSSR count). The molecule has 0 bridgehead atoms. The van der Waals surface area contributed by atoms with Crippen molar-refractivity contribution >= 4 is 33.3 Å². The molecular weight excluding hydrogens is 368 g/mol. The monoisotopic (exact) mass is 394 g/mol. The maximum absolute atomic E-state index is 12.2. The lowest BCUT2D eigenvalue weighted by molar-refractivity contribution is -0.131. The Morgan fingerprint density at radius 2 is 1.81 bits per heavy atom. The normalized spacial score (nSPS) is 15.3. The standard InChI is InChI=1S/C19H26N2O5S/c1-27(25,26)14-4-7-19(24)21-12-10-20(11-13-21)18-6-3-2-5-16(18)8-9-17(23)15-22/h2-3,5-6,8-9,22H,4,7,10-15H2,1H3/b9-8+. The van der Waals surface area contributed by atoms with Crippen LogP contribution in [-0.4, -0.2) is 74.9 Å². The Bertz CT molecular complexity index is 796. The Hall–Kier alpha value is -2.19. The number of hydrogen-bond acceptors (Lipinski definition) is 6. The predicted octanol–water partition coefficient (Wildman–Crippen LogP) is 0.735. The third-order valence-electron chi connectivity index (χ3n) is 4.42. The molecule has 1 saturated heterocycles. The molecule has 27 heavy (non-hydrogen) atoms. The molecule has 1 amide bonds. The number of amides is 1. The van der Waals surface area contributed by atoms with Crippen molar-refractivity contribution in [3.63, 3.8) is 0 Å². The first-order valence-electron chi connectivity index (χ1n) is 8.91. The number of benzene rings is 1. The second-order valence-corrected chi connectivity index (χ2v) is 8.88. The first kappa shape index (κ1) is 21.1. The molecule has 0 spiro atoms. The van der Waals surface area contributed by atoms with E-state index in [1.54, 1.807) is 11.0 Å². The zero-order chi connectivity index (χ0) is 19.9. The lowest BCUT2D eigenvalue weighted by Gasteiger charge is -2.37. The van der Waals surface area contributed by atoms with Crippen molar-refractivity contribution < 1.29 is 23.1 Å². The van der Waals surface area contributed by atoms with Gasteiger partial charge in [0, 0.05) is 44.5 Å². The van der Waals surface area contributed by atoms with Crippen molar-refractivity contribution in [1.29, 1.82) is 0 Å². The van der Waals surface area contributed by atoms with E-state index in [0.717, 1.165) is 11.3 Å². The van der Waals surface area contributed by atoms with E-state index in [1.807, 2.05) is 24.3 Å². The Kier molecular flexibility index (Phi) is 7.55. The highest BCUT2D eigenvalue weighted by molar-refractivity contribution is 7.90. The summed E-state index contributed by atoms with van der Waals surface area (Å²) in [5.41, 5.74) is 1.86. The van der Waals surface area contributed by atoms with E-state index in [-0.39, 0.29) is 23.9 Å². The summed E-state index contributed by atoms with van der Waals surface area (Å²) >= 11 is 0. The molecule has 1 aromatic carbocycles. The number of rotatable bonds is 8. The first-order chi connectivity index (χ1) is 12.8. The predicted molar refractivity (Wildman–Crippen MR) is 105 cm³/mol. The Morgan fingerprint density at radius 3 is 2.44 bits per heavy atom. The van der Waals surface area contributed by atoms with Gasteiger partial charge in [0.2, 0.25) is 5.91 Å². The van der Waals surface area contributed by atoms with E-state index in [1.165, 1.54) is 12.3 Å². The van der Waals surface area contributed by atoms with Gasteiger partial charge in [-0.15, -0.1) is 0 Å². The molecule has 1 aliphatic heterocycles. The summed E-state index contributed by atoms with van der Waals surface area (Å²) in [6.07, 6.45) is 4.83. The second-order valence-electron chi connectivity index (χ2n) is 6.62. The molecule has 0 unspecified atom stereocenters. The maximum atomic E-state index is 12.2. The largest absolute Gasteiger partial charge is 0.388 e. The number of ketones is 1. The lowest BCUT2D eigenvalue weighted by atomic mass is 10.1. The highest BCUT2D eigenvalue weighted by atomic mass is 32.2. The molecule has 1 fully saturated rings. The quantitative estimate of drug-likeness (QED) is 0.654. The highest BCUT2D eigenvalue weighted by Crippen LogP contribution is 2.23. The van der Waals surface area contributed by atoms with E-state index >= 15 is 0 Å². The van der Waals surface area contributed by atoms with Gasteiger partial charge < -0.3 is 14.9 Å². The minimum absolute atomic E-state index is 0.0139. The van der Waals surface area contributed by atoms with E-state index in [0.29, 0.717) is 32.6 Å². The van der Waals surface area contributed by atoms with E-state index in [2.05, 4.69) is 4.90 Å². The highest BCUT2D eigenvalue weighted by Gasteiger charge is 2.22. The number of piperazine rings is 1. The molecule has 0 radical (unpaired) electrons. The number of aliphatic hydroxyl groups is 1. The molecule has 8 heteroatoms. The van der Waals surface area contributed by atoms with Crippen molar-refractivity contribution in [3.05, 3.63) is 35.9 Å². The van der Waals surface area contributed by atoms with Crippen molar-refractivity contribution in [1.82, 2.24) is 4.90 Å². The number of para-hydroxylation sites is 1. The van der Waals surface area contributed by atoms with Crippen LogP contribution in [0, 0.1) is 0 Å². The van der Waals surface area contributed by atoms with Crippen LogP contribution in [0.25, 0.3) is 6.08 Å². The summed E-state index contributed by atoms with van der Waals surface area (Å²) in [6.45, 7) is 1.96. The molecule has 1 heterocycles. The molecule has 7 nitrogen and oxygen atoms in total. The summed E-state index contributed by atoms with van der Waals surface area (Å²) in [7, 11) is -3.04. The van der Waals surface area contributed by atoms with Gasteiger partial charge in [0.15, 0.2) is 5.78 Å². The molecule has 0 aromatic heterocycles. The number of carbonyl (C=O) groups excluding carboxylic acids is 2. The molecule has 1 aromatic rings. The number of hydrogen-bond donors (Lipinski definition) is 1. The van der Waals surface area contributed by atoms with Gasteiger partial charge in [0.25, 0.3) is 0 Å². The Morgan fingerprint density at radius 1 is 1.15 bits per heavy atom. The zero-order valence-electron chi connectivity index (χ0n) is 15.5. The van der Waals surface area contributed by atoms with Gasteiger partial charge in [-0.25, -0.2) is 8.42 Å². The summed E-state index contributed by atoms with van der Waals surface area (Å²) in [5, 5.41) is 8.84. The van der Waals surface area contributed by atoms with Crippen LogP contribution in [0.1, 0.15) is 18.4 Å². The summed E-state index contributed by atoms with van der Waals surface area (Å²) in [6, 6.07) is 7.67. The average molecular weight is 394 g/mol. The third-order valence-corrected chi connectivity index (χ3v) is 5.45. The van der Waals surface area contributed by atoms with Crippen LogP contribution in [0.4, 0.5) is 5.69 Å². The van der Waals surface area contributed by atoms with Crippen LogP contribution >= 0.6 is 0 Å². The summed E-state index contributed by atoms with van der Waals surface area (Å²) in [5.74, 6) is -0.334. The summed E-state index contributed by atoms with van der Waals surface area (Å²) < 4.78 is 22.3. The average Bonchev–Trinajstić information content (AvgIpc) is 2.65. The minimum Gasteiger partial charge on any atom is -0.388 e. The molecule has 1 N–H and O–H groups in total. The van der Waals surface area contributed by atoms with Crippen molar-refractivity contribution in [2.45, 2.75) is 12.8 Å². The van der Waals surface area contributed by atoms with E-state index < -0.39 is 16.4 Å². The smallest absolute Gasteiger partial charge is 0.222 e. The number of anilines is 1.